The van der Waals surface area contributed by atoms with E-state index in [0.29, 0.717) is 25.9 Å². The fourth-order valence-electron chi connectivity index (χ4n) is 10.4. The summed E-state index contributed by atoms with van der Waals surface area (Å²) < 4.78 is 5.49. The average Bonchev–Trinajstić information content (AvgIpc) is 3.39. The van der Waals surface area contributed by atoms with Gasteiger partial charge in [0, 0.05) is 12.8 Å². The number of carbonyl (C=O) groups excluding carboxylic acids is 2. The van der Waals surface area contributed by atoms with E-state index in [4.69, 9.17) is 4.74 Å². The number of nitrogens with one attached hydrogen (secondary N) is 1. The van der Waals surface area contributed by atoms with Crippen molar-refractivity contribution in [1.82, 2.24) is 5.32 Å². The van der Waals surface area contributed by atoms with Gasteiger partial charge in [-0.3, -0.25) is 9.59 Å². The van der Waals surface area contributed by atoms with Gasteiger partial charge in [0.2, 0.25) is 5.91 Å². The van der Waals surface area contributed by atoms with Gasteiger partial charge in [0.25, 0.3) is 0 Å². The summed E-state index contributed by atoms with van der Waals surface area (Å²) in [5.74, 6) is -0.0333. The summed E-state index contributed by atoms with van der Waals surface area (Å²) in [7, 11) is 0. The maximum atomic E-state index is 12.5. The van der Waals surface area contributed by atoms with Gasteiger partial charge in [-0.15, -0.1) is 0 Å². The first-order valence-electron chi connectivity index (χ1n) is 33.1. The van der Waals surface area contributed by atoms with Crippen molar-refractivity contribution in [2.24, 2.45) is 0 Å². The van der Waals surface area contributed by atoms with Crippen molar-refractivity contribution in [2.45, 2.75) is 379 Å². The number of aliphatic hydroxyl groups is 2. The summed E-state index contributed by atoms with van der Waals surface area (Å²) in [5.41, 5.74) is 0. The topological polar surface area (TPSA) is 95.9 Å². The van der Waals surface area contributed by atoms with E-state index in [1.54, 1.807) is 0 Å². The highest BCUT2D eigenvalue weighted by molar-refractivity contribution is 5.76. The van der Waals surface area contributed by atoms with Gasteiger partial charge >= 0.3 is 5.97 Å². The van der Waals surface area contributed by atoms with Crippen molar-refractivity contribution in [3.8, 4) is 0 Å². The SMILES string of the molecule is CCCCCC/C=C\C/C=C\CCCCCCCC(=O)OCCCCCCCCCCCCCCCCCCCCCCCC(=O)NC(CO)C(O)CCCCCCCCCCCCCCCCCCCCC. The van der Waals surface area contributed by atoms with Gasteiger partial charge in [0.05, 0.1) is 25.4 Å². The summed E-state index contributed by atoms with van der Waals surface area (Å²) in [6.45, 7) is 4.96. The van der Waals surface area contributed by atoms with E-state index >= 15 is 0 Å². The van der Waals surface area contributed by atoms with Gasteiger partial charge in [-0.2, -0.15) is 0 Å². The second kappa shape index (κ2) is 62.9. The molecule has 432 valence electrons. The number of aliphatic hydroxyl groups excluding tert-OH is 2. The fourth-order valence-corrected chi connectivity index (χ4v) is 10.4. The molecule has 0 aliphatic carbocycles. The molecule has 0 spiro atoms. The molecule has 0 aromatic carbocycles. The molecule has 6 heteroatoms. The van der Waals surface area contributed by atoms with Crippen LogP contribution in [0.5, 0.6) is 0 Å². The van der Waals surface area contributed by atoms with Crippen molar-refractivity contribution >= 4 is 11.9 Å². The predicted octanol–water partition coefficient (Wildman–Crippen LogP) is 21.0. The van der Waals surface area contributed by atoms with Crippen molar-refractivity contribution in [2.75, 3.05) is 13.2 Å². The van der Waals surface area contributed by atoms with Gasteiger partial charge in [-0.25, -0.2) is 0 Å². The molecule has 0 saturated heterocycles. The van der Waals surface area contributed by atoms with E-state index in [-0.39, 0.29) is 18.5 Å². The third-order valence-electron chi connectivity index (χ3n) is 15.5. The van der Waals surface area contributed by atoms with E-state index in [1.807, 2.05) is 0 Å². The van der Waals surface area contributed by atoms with Crippen LogP contribution in [0.15, 0.2) is 24.3 Å². The Morgan fingerprint density at radius 2 is 0.685 bits per heavy atom. The molecule has 3 N–H and O–H groups in total. The van der Waals surface area contributed by atoms with Gasteiger partial charge in [-0.05, 0) is 57.8 Å². The third-order valence-corrected chi connectivity index (χ3v) is 15.5. The second-order valence-electron chi connectivity index (χ2n) is 22.8. The van der Waals surface area contributed by atoms with E-state index in [2.05, 4.69) is 43.5 Å². The zero-order valence-corrected chi connectivity index (χ0v) is 49.4. The summed E-state index contributed by atoms with van der Waals surface area (Å²) in [4.78, 5) is 24.6. The van der Waals surface area contributed by atoms with E-state index in [9.17, 15) is 19.8 Å². The highest BCUT2D eigenvalue weighted by atomic mass is 16.5. The van der Waals surface area contributed by atoms with Crippen LogP contribution in [0.2, 0.25) is 0 Å². The lowest BCUT2D eigenvalue weighted by Crippen LogP contribution is -2.45. The summed E-state index contributed by atoms with van der Waals surface area (Å²) in [5, 5.41) is 23.4. The third kappa shape index (κ3) is 59.4. The molecular weight excluding hydrogens is 899 g/mol. The standard InChI is InChI=1S/C67H129NO5/c1-3-5-7-9-11-13-15-17-19-21-25-28-31-35-39-43-47-51-55-59-65(70)64(63-69)68-66(71)60-56-52-48-44-40-36-32-29-26-23-22-24-27-30-34-38-42-46-50-54-58-62-73-67(72)61-57-53-49-45-41-37-33-20-18-16-14-12-10-8-6-4-2/h14,16,20,33,64-65,69-70H,3-13,15,17-19,21-32,34-63H2,1-2H3,(H,68,71)/b16-14-,33-20-. The summed E-state index contributed by atoms with van der Waals surface area (Å²) in [6, 6.07) is -0.543. The monoisotopic (exact) mass is 1030 g/mol. The van der Waals surface area contributed by atoms with Crippen LogP contribution >= 0.6 is 0 Å². The molecule has 2 atom stereocenters. The smallest absolute Gasteiger partial charge is 0.305 e. The first-order valence-corrected chi connectivity index (χ1v) is 33.1. The second-order valence-corrected chi connectivity index (χ2v) is 22.8. The van der Waals surface area contributed by atoms with Crippen molar-refractivity contribution in [3.05, 3.63) is 24.3 Å². The minimum Gasteiger partial charge on any atom is -0.466 e. The molecule has 2 unspecified atom stereocenters. The maximum absolute atomic E-state index is 12.5. The Hall–Kier alpha value is -1.66. The Bertz CT molecular complexity index is 1140. The molecular formula is C67H129NO5. The lowest BCUT2D eigenvalue weighted by atomic mass is 10.0. The number of unbranched alkanes of at least 4 members (excludes halogenated alkanes) is 47. The molecule has 0 radical (unpaired) electrons. The lowest BCUT2D eigenvalue weighted by Gasteiger charge is -2.22. The minimum atomic E-state index is -0.666. The molecule has 0 saturated carbocycles. The average molecular weight is 1030 g/mol. The largest absolute Gasteiger partial charge is 0.466 e. The van der Waals surface area contributed by atoms with Crippen LogP contribution in [0.1, 0.15) is 367 Å². The van der Waals surface area contributed by atoms with Crippen LogP contribution < -0.4 is 5.32 Å². The van der Waals surface area contributed by atoms with Gasteiger partial charge in [-0.1, -0.05) is 321 Å². The van der Waals surface area contributed by atoms with Crippen LogP contribution in [0.25, 0.3) is 0 Å². The Kier molecular flexibility index (Phi) is 61.4. The van der Waals surface area contributed by atoms with Crippen LogP contribution in [-0.2, 0) is 14.3 Å². The highest BCUT2D eigenvalue weighted by Crippen LogP contribution is 2.18. The number of rotatable bonds is 62. The lowest BCUT2D eigenvalue weighted by molar-refractivity contribution is -0.143. The quantitative estimate of drug-likeness (QED) is 0.0320. The molecule has 0 aromatic heterocycles. The van der Waals surface area contributed by atoms with Crippen molar-refractivity contribution < 1.29 is 24.5 Å². The highest BCUT2D eigenvalue weighted by Gasteiger charge is 2.20. The van der Waals surface area contributed by atoms with E-state index < -0.39 is 12.1 Å². The molecule has 0 aliphatic rings. The van der Waals surface area contributed by atoms with Crippen LogP contribution in [-0.4, -0.2) is 47.4 Å². The molecule has 0 aliphatic heterocycles. The molecule has 0 rings (SSSR count). The number of hydrogen-bond donors (Lipinski definition) is 3. The summed E-state index contributed by atoms with van der Waals surface area (Å²) in [6.07, 6.45) is 77.7. The zero-order chi connectivity index (χ0) is 52.9. The van der Waals surface area contributed by atoms with Crippen LogP contribution in [0.3, 0.4) is 0 Å². The van der Waals surface area contributed by atoms with E-state index in [1.165, 1.54) is 283 Å². The molecule has 6 nitrogen and oxygen atoms in total. The molecule has 73 heavy (non-hydrogen) atoms. The van der Waals surface area contributed by atoms with Gasteiger partial charge in [0.15, 0.2) is 0 Å². The molecule has 0 bridgehead atoms. The number of allylic oxidation sites excluding steroid dienone is 4. The van der Waals surface area contributed by atoms with Crippen LogP contribution in [0.4, 0.5) is 0 Å². The minimum absolute atomic E-state index is 0.000678. The molecule has 0 aromatic rings. The van der Waals surface area contributed by atoms with Gasteiger partial charge in [0.1, 0.15) is 0 Å². The fraction of sp³-hybridized carbons (Fsp3) is 0.910. The Labute approximate surface area is 456 Å². The predicted molar refractivity (Wildman–Crippen MR) is 320 cm³/mol. The van der Waals surface area contributed by atoms with Crippen molar-refractivity contribution in [3.63, 3.8) is 0 Å². The first kappa shape index (κ1) is 71.3. The van der Waals surface area contributed by atoms with E-state index in [0.717, 1.165) is 51.4 Å². The van der Waals surface area contributed by atoms with Crippen molar-refractivity contribution in [1.29, 1.82) is 0 Å². The zero-order valence-electron chi connectivity index (χ0n) is 49.4. The Morgan fingerprint density at radius 1 is 0.384 bits per heavy atom. The van der Waals surface area contributed by atoms with Crippen LogP contribution in [0, 0.1) is 0 Å². The number of esters is 1. The molecule has 0 fully saturated rings. The normalized spacial score (nSPS) is 12.7. The molecule has 1 amide bonds. The molecule has 0 heterocycles. The Morgan fingerprint density at radius 3 is 1.05 bits per heavy atom. The number of carbonyl (C=O) groups is 2. The maximum Gasteiger partial charge on any atom is 0.305 e. The number of ether oxygens (including phenoxy) is 1. The first-order chi connectivity index (χ1) is 36.0. The summed E-state index contributed by atoms with van der Waals surface area (Å²) >= 11 is 0. The number of amides is 1. The number of hydrogen-bond acceptors (Lipinski definition) is 5. The van der Waals surface area contributed by atoms with Gasteiger partial charge < -0.3 is 20.3 Å². The Balaban J connectivity index is 3.39.